The number of rotatable bonds is 4. The lowest BCUT2D eigenvalue weighted by molar-refractivity contribution is 0.102. The lowest BCUT2D eigenvalue weighted by atomic mass is 9.93. The van der Waals surface area contributed by atoms with Crippen LogP contribution in [0.2, 0.25) is 0 Å². The summed E-state index contributed by atoms with van der Waals surface area (Å²) in [5, 5.41) is 20.8. The highest BCUT2D eigenvalue weighted by atomic mass is 16.3. The van der Waals surface area contributed by atoms with Crippen molar-refractivity contribution in [1.29, 1.82) is 0 Å². The van der Waals surface area contributed by atoms with Crippen LogP contribution in [0.15, 0.2) is 36.7 Å². The summed E-state index contributed by atoms with van der Waals surface area (Å²) < 4.78 is 1.63. The van der Waals surface area contributed by atoms with Crippen LogP contribution in [0, 0.1) is 0 Å². The first kappa shape index (κ1) is 17.4. The van der Waals surface area contributed by atoms with Crippen molar-refractivity contribution in [1.82, 2.24) is 19.7 Å². The van der Waals surface area contributed by atoms with Crippen LogP contribution in [0.1, 0.15) is 36.0 Å². The minimum atomic E-state index is -0.231. The fraction of sp³-hybridized carbons (Fsp3) is 0.368. The number of anilines is 2. The largest absolute Gasteiger partial charge is 0.393 e. The van der Waals surface area contributed by atoms with Crippen molar-refractivity contribution in [2.75, 3.05) is 10.6 Å². The zero-order valence-corrected chi connectivity index (χ0v) is 15.1. The topological polar surface area (TPSA) is 105 Å². The van der Waals surface area contributed by atoms with Crippen LogP contribution < -0.4 is 10.6 Å². The Morgan fingerprint density at radius 2 is 2.04 bits per heavy atom. The van der Waals surface area contributed by atoms with Gasteiger partial charge in [-0.25, -0.2) is 9.97 Å². The maximum absolute atomic E-state index is 12.5. The van der Waals surface area contributed by atoms with Gasteiger partial charge >= 0.3 is 0 Å². The van der Waals surface area contributed by atoms with Crippen molar-refractivity contribution >= 4 is 28.6 Å². The maximum Gasteiger partial charge on any atom is 0.256 e. The molecule has 1 fully saturated rings. The Morgan fingerprint density at radius 1 is 1.22 bits per heavy atom. The van der Waals surface area contributed by atoms with E-state index in [1.165, 1.54) is 0 Å². The van der Waals surface area contributed by atoms with Gasteiger partial charge in [-0.2, -0.15) is 5.10 Å². The van der Waals surface area contributed by atoms with Crippen LogP contribution in [0.25, 0.3) is 10.9 Å². The van der Waals surface area contributed by atoms with Crippen LogP contribution in [0.5, 0.6) is 0 Å². The second-order valence-corrected chi connectivity index (χ2v) is 6.95. The summed E-state index contributed by atoms with van der Waals surface area (Å²) in [5.74, 6) is 0.822. The molecule has 3 N–H and O–H groups in total. The molecule has 2 aromatic heterocycles. The minimum absolute atomic E-state index is 0.194. The molecule has 1 aromatic carbocycles. The maximum atomic E-state index is 12.5. The zero-order chi connectivity index (χ0) is 18.8. The number of hydrogen-bond acceptors (Lipinski definition) is 6. The Labute approximate surface area is 156 Å². The van der Waals surface area contributed by atoms with Crippen LogP contribution in [0.3, 0.4) is 0 Å². The molecule has 3 aromatic rings. The summed E-state index contributed by atoms with van der Waals surface area (Å²) in [4.78, 5) is 21.4. The highest BCUT2D eigenvalue weighted by molar-refractivity contribution is 6.05. The molecule has 0 aliphatic heterocycles. The average Bonchev–Trinajstić information content (AvgIpc) is 3.07. The molecule has 8 nitrogen and oxygen atoms in total. The molecule has 2 heterocycles. The van der Waals surface area contributed by atoms with Gasteiger partial charge in [0.05, 0.1) is 11.6 Å². The molecular weight excluding hydrogens is 344 g/mol. The number of aryl methyl sites for hydroxylation is 1. The summed E-state index contributed by atoms with van der Waals surface area (Å²) in [7, 11) is 1.80. The Kier molecular flexibility index (Phi) is 4.72. The number of fused-ring (bicyclic) bond motifs is 1. The number of aliphatic hydroxyl groups is 1. The normalized spacial score (nSPS) is 19.8. The minimum Gasteiger partial charge on any atom is -0.393 e. The Hall–Kier alpha value is -3.00. The monoisotopic (exact) mass is 366 g/mol. The van der Waals surface area contributed by atoms with E-state index in [0.29, 0.717) is 22.8 Å². The van der Waals surface area contributed by atoms with E-state index in [2.05, 4.69) is 25.7 Å². The standard InChI is InChI=1S/C19H22N6O2/c1-25-9-8-17(24-25)23-18(27)12-2-3-13-11-20-19(22-16(13)10-12)21-14-4-6-15(26)7-5-14/h2-3,8-11,14-15,26H,4-7H2,1H3,(H,20,21,22)(H,23,24,27). The van der Waals surface area contributed by atoms with Crippen molar-refractivity contribution in [3.63, 3.8) is 0 Å². The van der Waals surface area contributed by atoms with E-state index in [0.717, 1.165) is 31.1 Å². The number of nitrogens with zero attached hydrogens (tertiary/aromatic N) is 4. The van der Waals surface area contributed by atoms with Gasteiger partial charge in [-0.1, -0.05) is 6.07 Å². The van der Waals surface area contributed by atoms with Gasteiger partial charge in [-0.05, 0) is 37.8 Å². The molecule has 1 aliphatic rings. The molecule has 0 bridgehead atoms. The lowest BCUT2D eigenvalue weighted by Crippen LogP contribution is -2.28. The van der Waals surface area contributed by atoms with E-state index in [-0.39, 0.29) is 18.1 Å². The van der Waals surface area contributed by atoms with Crippen LogP contribution in [0.4, 0.5) is 11.8 Å². The van der Waals surface area contributed by atoms with Crippen LogP contribution >= 0.6 is 0 Å². The number of benzene rings is 1. The molecule has 1 saturated carbocycles. The summed E-state index contributed by atoms with van der Waals surface area (Å²) in [6.45, 7) is 0. The van der Waals surface area contributed by atoms with Gasteiger partial charge in [0.1, 0.15) is 0 Å². The van der Waals surface area contributed by atoms with Gasteiger partial charge in [0.15, 0.2) is 5.82 Å². The third-order valence-electron chi connectivity index (χ3n) is 4.83. The number of carbonyl (C=O) groups is 1. The molecule has 0 spiro atoms. The summed E-state index contributed by atoms with van der Waals surface area (Å²) in [5.41, 5.74) is 1.22. The molecule has 1 amide bonds. The third kappa shape index (κ3) is 4.06. The third-order valence-corrected chi connectivity index (χ3v) is 4.83. The predicted molar refractivity (Wildman–Crippen MR) is 103 cm³/mol. The van der Waals surface area contributed by atoms with Gasteiger partial charge in [0.2, 0.25) is 5.95 Å². The molecule has 140 valence electrons. The van der Waals surface area contributed by atoms with Crippen LogP contribution in [-0.4, -0.2) is 42.9 Å². The quantitative estimate of drug-likeness (QED) is 0.654. The SMILES string of the molecule is Cn1ccc(NC(=O)c2ccc3cnc(NC4CCC(O)CC4)nc3c2)n1. The molecule has 0 atom stereocenters. The molecular formula is C19H22N6O2. The first-order valence-corrected chi connectivity index (χ1v) is 9.09. The van der Waals surface area contributed by atoms with Gasteiger partial charge in [0.25, 0.3) is 5.91 Å². The van der Waals surface area contributed by atoms with E-state index in [4.69, 9.17) is 0 Å². The van der Waals surface area contributed by atoms with E-state index in [9.17, 15) is 9.90 Å². The first-order valence-electron chi connectivity index (χ1n) is 9.09. The molecule has 0 unspecified atom stereocenters. The van der Waals surface area contributed by atoms with Crippen molar-refractivity contribution in [2.24, 2.45) is 7.05 Å². The van der Waals surface area contributed by atoms with Gasteiger partial charge in [-0.15, -0.1) is 0 Å². The van der Waals surface area contributed by atoms with Gasteiger partial charge < -0.3 is 15.7 Å². The molecule has 8 heteroatoms. The smallest absolute Gasteiger partial charge is 0.256 e. The van der Waals surface area contributed by atoms with Gasteiger partial charge in [0, 0.05) is 42.5 Å². The number of amides is 1. The molecule has 0 saturated heterocycles. The van der Waals surface area contributed by atoms with Gasteiger partial charge in [-0.3, -0.25) is 9.48 Å². The lowest BCUT2D eigenvalue weighted by Gasteiger charge is -2.26. The summed E-state index contributed by atoms with van der Waals surface area (Å²) in [6.07, 6.45) is 6.71. The fourth-order valence-corrected chi connectivity index (χ4v) is 3.31. The molecule has 4 rings (SSSR count). The highest BCUT2D eigenvalue weighted by Gasteiger charge is 2.20. The number of nitrogens with one attached hydrogen (secondary N) is 2. The van der Waals surface area contributed by atoms with E-state index in [1.54, 1.807) is 42.3 Å². The van der Waals surface area contributed by atoms with Crippen molar-refractivity contribution in [3.8, 4) is 0 Å². The second-order valence-electron chi connectivity index (χ2n) is 6.95. The van der Waals surface area contributed by atoms with Crippen molar-refractivity contribution < 1.29 is 9.90 Å². The number of aromatic nitrogens is 4. The fourth-order valence-electron chi connectivity index (χ4n) is 3.31. The molecule has 1 aliphatic carbocycles. The predicted octanol–water partition coefficient (Wildman–Crippen LogP) is 2.33. The Balaban J connectivity index is 1.51. The van der Waals surface area contributed by atoms with E-state index in [1.807, 2.05) is 6.07 Å². The average molecular weight is 366 g/mol. The Morgan fingerprint density at radius 3 is 2.78 bits per heavy atom. The van der Waals surface area contributed by atoms with Crippen molar-refractivity contribution in [2.45, 2.75) is 37.8 Å². The molecule has 0 radical (unpaired) electrons. The Bertz CT molecular complexity index is 962. The second kappa shape index (κ2) is 7.32. The van der Waals surface area contributed by atoms with E-state index < -0.39 is 0 Å². The number of carbonyl (C=O) groups excluding carboxylic acids is 1. The first-order chi connectivity index (χ1) is 13.1. The van der Waals surface area contributed by atoms with E-state index >= 15 is 0 Å². The zero-order valence-electron chi connectivity index (χ0n) is 15.1. The highest BCUT2D eigenvalue weighted by Crippen LogP contribution is 2.22. The summed E-state index contributed by atoms with van der Waals surface area (Å²) >= 11 is 0. The summed E-state index contributed by atoms with van der Waals surface area (Å²) in [6, 6.07) is 7.35. The number of hydrogen-bond donors (Lipinski definition) is 3. The van der Waals surface area contributed by atoms with Crippen LogP contribution in [-0.2, 0) is 7.05 Å². The number of aliphatic hydroxyl groups excluding tert-OH is 1. The molecule has 27 heavy (non-hydrogen) atoms. The van der Waals surface area contributed by atoms with Crippen molar-refractivity contribution in [3.05, 3.63) is 42.2 Å².